The average Bonchev–Trinajstić information content (AvgIpc) is 3.19. The quantitative estimate of drug-likeness (QED) is 0.504. The van der Waals surface area contributed by atoms with Crippen molar-refractivity contribution in [2.75, 3.05) is 30.4 Å². The fourth-order valence-corrected chi connectivity index (χ4v) is 5.77. The van der Waals surface area contributed by atoms with Crippen LogP contribution in [-0.2, 0) is 6.18 Å². The lowest BCUT2D eigenvalue weighted by atomic mass is 9.94. The number of piperazine rings is 1. The molecule has 2 unspecified atom stereocenters. The minimum atomic E-state index is -4.90. The van der Waals surface area contributed by atoms with Crippen molar-refractivity contribution in [2.45, 2.75) is 63.5 Å². The molecule has 3 aliphatic heterocycles. The number of likely N-dealkylation sites (N-methyl/N-ethyl adjacent to an activating group) is 1. The highest BCUT2D eigenvalue weighted by molar-refractivity contribution is 6.07. The molecule has 1 aromatic heterocycles. The van der Waals surface area contributed by atoms with E-state index >= 15 is 4.39 Å². The molecule has 3 N–H and O–H groups in total. The zero-order valence-corrected chi connectivity index (χ0v) is 21.5. The van der Waals surface area contributed by atoms with Crippen LogP contribution in [0.3, 0.4) is 0 Å². The van der Waals surface area contributed by atoms with Crippen LogP contribution in [0.15, 0.2) is 35.3 Å². The molecule has 0 spiro atoms. The number of alkyl halides is 3. The van der Waals surface area contributed by atoms with Crippen LogP contribution in [0, 0.1) is 5.82 Å². The van der Waals surface area contributed by atoms with Crippen LogP contribution in [-0.4, -0.2) is 60.1 Å². The molecule has 0 aliphatic carbocycles. The summed E-state index contributed by atoms with van der Waals surface area (Å²) in [6.45, 7) is 5.17. The number of nitrogens with one attached hydrogen (secondary N) is 3. The summed E-state index contributed by atoms with van der Waals surface area (Å²) < 4.78 is 56.6. The van der Waals surface area contributed by atoms with Gasteiger partial charge in [-0.05, 0) is 57.9 Å². The maximum atomic E-state index is 15.6. The summed E-state index contributed by atoms with van der Waals surface area (Å²) in [5, 5.41) is 6.08. The first-order valence-corrected chi connectivity index (χ1v) is 12.8. The number of carbonyl (C=O) groups is 1. The number of H-pyrrole nitrogens is 1. The number of pyridine rings is 1. The number of hydrogen-bond acceptors (Lipinski definition) is 5. The molecule has 11 heteroatoms. The second-order valence-corrected chi connectivity index (χ2v) is 10.6. The summed E-state index contributed by atoms with van der Waals surface area (Å²) in [5.41, 5.74) is -1.24. The van der Waals surface area contributed by atoms with E-state index in [0.717, 1.165) is 24.6 Å². The topological polar surface area (TPSA) is 80.5 Å². The van der Waals surface area contributed by atoms with Crippen molar-refractivity contribution in [3.63, 3.8) is 0 Å². The van der Waals surface area contributed by atoms with Gasteiger partial charge in [0.05, 0.1) is 22.5 Å². The highest BCUT2D eigenvalue weighted by atomic mass is 19.4. The minimum Gasteiger partial charge on any atom is -0.367 e. The molecule has 0 saturated carbocycles. The highest BCUT2D eigenvalue weighted by Gasteiger charge is 2.37. The fraction of sp³-hybridized carbons (Fsp3) is 0.481. The van der Waals surface area contributed by atoms with E-state index in [1.807, 2.05) is 31.9 Å². The van der Waals surface area contributed by atoms with Gasteiger partial charge in [-0.15, -0.1) is 0 Å². The highest BCUT2D eigenvalue weighted by Crippen LogP contribution is 2.39. The van der Waals surface area contributed by atoms with Crippen LogP contribution in [0.5, 0.6) is 0 Å². The van der Waals surface area contributed by atoms with E-state index in [4.69, 9.17) is 0 Å². The van der Waals surface area contributed by atoms with Gasteiger partial charge < -0.3 is 20.5 Å². The number of fused-ring (bicyclic) bond motifs is 2. The summed E-state index contributed by atoms with van der Waals surface area (Å²) in [6, 6.07) is 3.92. The van der Waals surface area contributed by atoms with Crippen molar-refractivity contribution in [3.8, 4) is 0 Å². The molecule has 2 fully saturated rings. The molecule has 38 heavy (non-hydrogen) atoms. The Morgan fingerprint density at radius 2 is 1.84 bits per heavy atom. The van der Waals surface area contributed by atoms with Crippen molar-refractivity contribution in [3.05, 3.63) is 63.3 Å². The summed E-state index contributed by atoms with van der Waals surface area (Å²) in [4.78, 5) is 31.1. The first-order valence-electron chi connectivity index (χ1n) is 12.8. The van der Waals surface area contributed by atoms with Gasteiger partial charge in [-0.1, -0.05) is 6.08 Å². The molecule has 4 heterocycles. The summed E-state index contributed by atoms with van der Waals surface area (Å²) in [5.74, 6) is -1.48. The van der Waals surface area contributed by atoms with Crippen LogP contribution in [0.1, 0.15) is 56.0 Å². The molecule has 2 aromatic rings. The zero-order valence-electron chi connectivity index (χ0n) is 21.5. The van der Waals surface area contributed by atoms with Gasteiger partial charge in [-0.25, -0.2) is 4.39 Å². The Morgan fingerprint density at radius 3 is 2.50 bits per heavy atom. The Bertz CT molecular complexity index is 1330. The predicted molar refractivity (Wildman–Crippen MR) is 140 cm³/mol. The van der Waals surface area contributed by atoms with Gasteiger partial charge in [0.15, 0.2) is 0 Å². The van der Waals surface area contributed by atoms with Crippen molar-refractivity contribution in [1.29, 1.82) is 0 Å². The molecule has 206 valence electrons. The Labute approximate surface area is 219 Å². The Morgan fingerprint density at radius 1 is 1.13 bits per heavy atom. The molecule has 2 bridgehead atoms. The Balaban J connectivity index is 0.00000353. The first-order chi connectivity index (χ1) is 17.9. The second-order valence-electron chi connectivity index (χ2n) is 10.6. The lowest BCUT2D eigenvalue weighted by molar-refractivity contribution is -0.138. The monoisotopic (exact) mass is 535 g/mol. The van der Waals surface area contributed by atoms with E-state index in [1.54, 1.807) is 0 Å². The van der Waals surface area contributed by atoms with Gasteiger partial charge in [-0.2, -0.15) is 13.2 Å². The van der Waals surface area contributed by atoms with Gasteiger partial charge in [0, 0.05) is 56.5 Å². The number of amides is 1. The zero-order chi connectivity index (χ0) is 27.4. The van der Waals surface area contributed by atoms with Crippen LogP contribution in [0.4, 0.5) is 28.9 Å². The van der Waals surface area contributed by atoms with E-state index in [-0.39, 0.29) is 31.3 Å². The lowest BCUT2D eigenvalue weighted by Crippen LogP contribution is -2.55. The van der Waals surface area contributed by atoms with E-state index in [1.165, 1.54) is 12.1 Å². The van der Waals surface area contributed by atoms with Gasteiger partial charge in [0.1, 0.15) is 5.82 Å². The van der Waals surface area contributed by atoms with E-state index in [9.17, 15) is 22.8 Å². The second kappa shape index (κ2) is 9.85. The molecule has 2 saturated heterocycles. The van der Waals surface area contributed by atoms with Crippen molar-refractivity contribution < 1.29 is 23.8 Å². The smallest absolute Gasteiger partial charge is 0.367 e. The minimum absolute atomic E-state index is 0. The molecule has 3 aliphatic rings. The Kier molecular flexibility index (Phi) is 6.85. The number of aromatic nitrogens is 1. The molecule has 1 amide bonds. The Hall–Kier alpha value is -3.18. The molecule has 1 aromatic carbocycles. The third-order valence-corrected chi connectivity index (χ3v) is 8.00. The van der Waals surface area contributed by atoms with Gasteiger partial charge >= 0.3 is 6.18 Å². The third-order valence-electron chi connectivity index (χ3n) is 8.00. The molecule has 0 radical (unpaired) electrons. The van der Waals surface area contributed by atoms with E-state index < -0.39 is 34.6 Å². The average molecular weight is 536 g/mol. The van der Waals surface area contributed by atoms with Crippen LogP contribution >= 0.6 is 0 Å². The van der Waals surface area contributed by atoms with Crippen LogP contribution in [0.25, 0.3) is 5.57 Å². The number of hydrogen-bond donors (Lipinski definition) is 3. The fourth-order valence-electron chi connectivity index (χ4n) is 5.77. The van der Waals surface area contributed by atoms with Crippen LogP contribution < -0.4 is 21.1 Å². The first kappa shape index (κ1) is 26.4. The number of halogens is 4. The molecular formula is C27H33F4N5O2. The van der Waals surface area contributed by atoms with E-state index in [0.29, 0.717) is 36.8 Å². The number of carbonyl (C=O) groups excluding carboxylic acids is 1. The summed E-state index contributed by atoms with van der Waals surface area (Å²) in [7, 11) is 2.01. The molecule has 5 rings (SSSR count). The number of aromatic amines is 1. The molecule has 7 nitrogen and oxygen atoms in total. The third kappa shape index (κ3) is 5.09. The van der Waals surface area contributed by atoms with Crippen molar-refractivity contribution >= 4 is 22.9 Å². The molecular weight excluding hydrogens is 502 g/mol. The molecule has 4 atom stereocenters. The maximum Gasteiger partial charge on any atom is 0.417 e. The standard InChI is InChI=1S/C27H31F4N5O2.H2/c1-14-12-36(13-15(2)35(14)3)24-10-22(28)19(16-6-17-4-5-18(7-16)33-17)8-23(24)34-26(38)20-11-32-25(37)9-21(20)27(29,30)31;/h6,8-11,14-15,17-18,33H,4-5,7,12-13H2,1-3H3,(H,32,37)(H,34,38);1H/t14-,15+,17?,18?;. The summed E-state index contributed by atoms with van der Waals surface area (Å²) >= 11 is 0. The lowest BCUT2D eigenvalue weighted by Gasteiger charge is -2.44. The van der Waals surface area contributed by atoms with Crippen molar-refractivity contribution in [1.82, 2.24) is 15.2 Å². The van der Waals surface area contributed by atoms with Gasteiger partial charge in [0.2, 0.25) is 5.56 Å². The number of anilines is 2. The maximum absolute atomic E-state index is 15.6. The number of nitrogens with zero attached hydrogens (tertiary/aromatic N) is 2. The summed E-state index contributed by atoms with van der Waals surface area (Å²) in [6.07, 6.45) is 0.424. The largest absolute Gasteiger partial charge is 0.417 e. The normalized spacial score (nSPS) is 25.9. The van der Waals surface area contributed by atoms with Gasteiger partial charge in [-0.3, -0.25) is 14.5 Å². The van der Waals surface area contributed by atoms with Gasteiger partial charge in [0.25, 0.3) is 5.91 Å². The number of rotatable bonds is 4. The van der Waals surface area contributed by atoms with Crippen LogP contribution in [0.2, 0.25) is 0 Å². The predicted octanol–water partition coefficient (Wildman–Crippen LogP) is 4.47. The SMILES string of the molecule is C[C@@H]1CN(c2cc(F)c(C3=CC4CCC(C3)N4)cc2NC(=O)c2c[nH]c(=O)cc2C(F)(F)F)C[C@H](C)N1C.[HH]. The number of benzene rings is 1. The van der Waals surface area contributed by atoms with Crippen molar-refractivity contribution in [2.24, 2.45) is 0 Å². The van der Waals surface area contributed by atoms with E-state index in [2.05, 4.69) is 20.5 Å².